The van der Waals surface area contributed by atoms with Gasteiger partial charge in [0.1, 0.15) is 0 Å². The molecule has 0 aromatic heterocycles. The van der Waals surface area contributed by atoms with Gasteiger partial charge in [0.05, 0.1) is 0 Å². The Bertz CT molecular complexity index is 110. The van der Waals surface area contributed by atoms with E-state index in [2.05, 4.69) is 32.6 Å². The van der Waals surface area contributed by atoms with Gasteiger partial charge in [-0.2, -0.15) is 0 Å². The van der Waals surface area contributed by atoms with Crippen LogP contribution in [0.15, 0.2) is 0 Å². The first-order valence-electron chi connectivity index (χ1n) is 4.12. The molecule has 0 bridgehead atoms. The summed E-state index contributed by atoms with van der Waals surface area (Å²) in [5.41, 5.74) is 0. The van der Waals surface area contributed by atoms with Gasteiger partial charge in [-0.1, -0.05) is 26.7 Å². The topological polar surface area (TPSA) is 0 Å². The van der Waals surface area contributed by atoms with E-state index in [1.165, 1.54) is 6.42 Å². The lowest BCUT2D eigenvalue weighted by atomic mass is 10.0. The molecule has 0 nitrogen and oxygen atoms in total. The highest BCUT2D eigenvalue weighted by atomic mass is 14.0. The molecule has 0 rings (SSSR count). The van der Waals surface area contributed by atoms with Gasteiger partial charge >= 0.3 is 0 Å². The molecule has 0 aliphatic carbocycles. The van der Waals surface area contributed by atoms with Crippen molar-refractivity contribution in [1.29, 1.82) is 0 Å². The van der Waals surface area contributed by atoms with Gasteiger partial charge in [-0.3, -0.25) is 0 Å². The second-order valence-corrected chi connectivity index (χ2v) is 2.46. The Balaban J connectivity index is 3.52. The van der Waals surface area contributed by atoms with E-state index in [4.69, 9.17) is 0 Å². The summed E-state index contributed by atoms with van der Waals surface area (Å²) in [5.74, 6) is 6.89. The zero-order valence-corrected chi connectivity index (χ0v) is 7.11. The molecule has 1 atom stereocenters. The highest BCUT2D eigenvalue weighted by molar-refractivity contribution is 5.03. The van der Waals surface area contributed by atoms with E-state index >= 15 is 0 Å². The fourth-order valence-corrected chi connectivity index (χ4v) is 0.720. The number of hydrogen-bond donors (Lipinski definition) is 0. The van der Waals surface area contributed by atoms with Crippen molar-refractivity contribution in [3.63, 3.8) is 0 Å². The second kappa shape index (κ2) is 6.68. The van der Waals surface area contributed by atoms with Crippen molar-refractivity contribution >= 4 is 0 Å². The molecule has 0 amide bonds. The minimum atomic E-state index is 0.534. The minimum absolute atomic E-state index is 0.534. The average Bonchev–Trinajstić information content (AvgIpc) is 1.99. The average molecular weight is 137 g/mol. The number of rotatable bonds is 3. The van der Waals surface area contributed by atoms with E-state index in [0.717, 1.165) is 19.3 Å². The summed E-state index contributed by atoms with van der Waals surface area (Å²) in [7, 11) is 0. The summed E-state index contributed by atoms with van der Waals surface area (Å²) in [6.45, 7) is 8.15. The number of hydrogen-bond acceptors (Lipinski definition) is 0. The van der Waals surface area contributed by atoms with Crippen LogP contribution in [0.5, 0.6) is 0 Å². The Labute approximate surface area is 65.0 Å². The van der Waals surface area contributed by atoms with Crippen LogP contribution in [0.1, 0.15) is 39.5 Å². The maximum Gasteiger partial charge on any atom is 0.0200 e. The molecule has 0 saturated heterocycles. The van der Waals surface area contributed by atoms with Crippen LogP contribution in [0.4, 0.5) is 0 Å². The highest BCUT2D eigenvalue weighted by Gasteiger charge is 1.94. The molecule has 57 valence electrons. The smallest absolute Gasteiger partial charge is 0.0200 e. The van der Waals surface area contributed by atoms with Crippen LogP contribution in [0.25, 0.3) is 0 Å². The summed E-state index contributed by atoms with van der Waals surface area (Å²) >= 11 is 0. The van der Waals surface area contributed by atoms with Gasteiger partial charge in [0, 0.05) is 12.3 Å². The van der Waals surface area contributed by atoms with Crippen LogP contribution in [0.3, 0.4) is 0 Å². The standard InChI is InChI=1S/C10H17/c1-4-7-8-9-10(5-2)6-3/h10H,2,4-7H2,1,3H3. The quantitative estimate of drug-likeness (QED) is 0.524. The van der Waals surface area contributed by atoms with E-state index in [1.54, 1.807) is 0 Å². The lowest BCUT2D eigenvalue weighted by Crippen LogP contribution is -1.90. The molecule has 0 aromatic carbocycles. The summed E-state index contributed by atoms with van der Waals surface area (Å²) in [6.07, 6.45) is 4.30. The third-order valence-corrected chi connectivity index (χ3v) is 1.52. The summed E-state index contributed by atoms with van der Waals surface area (Å²) in [6, 6.07) is 0. The van der Waals surface area contributed by atoms with Gasteiger partial charge in [0.15, 0.2) is 0 Å². The Kier molecular flexibility index (Phi) is 6.38. The summed E-state index contributed by atoms with van der Waals surface area (Å²) < 4.78 is 0. The van der Waals surface area contributed by atoms with Crippen molar-refractivity contribution in [2.75, 3.05) is 0 Å². The van der Waals surface area contributed by atoms with Gasteiger partial charge in [-0.25, -0.2) is 0 Å². The van der Waals surface area contributed by atoms with Crippen molar-refractivity contribution in [2.24, 2.45) is 5.92 Å². The molecule has 10 heavy (non-hydrogen) atoms. The second-order valence-electron chi connectivity index (χ2n) is 2.46. The van der Waals surface area contributed by atoms with Crippen molar-refractivity contribution < 1.29 is 0 Å². The van der Waals surface area contributed by atoms with Gasteiger partial charge in [0.2, 0.25) is 0 Å². The highest BCUT2D eigenvalue weighted by Crippen LogP contribution is 2.04. The Morgan fingerprint density at radius 2 is 2.10 bits per heavy atom. The maximum atomic E-state index is 3.83. The predicted octanol–water partition coefficient (Wildman–Crippen LogP) is 3.04. The van der Waals surface area contributed by atoms with E-state index in [9.17, 15) is 0 Å². The van der Waals surface area contributed by atoms with Crippen LogP contribution < -0.4 is 0 Å². The molecule has 1 radical (unpaired) electrons. The fraction of sp³-hybridized carbons (Fsp3) is 0.700. The van der Waals surface area contributed by atoms with Crippen LogP contribution in [-0.4, -0.2) is 0 Å². The van der Waals surface area contributed by atoms with E-state index in [-0.39, 0.29) is 0 Å². The largest absolute Gasteiger partial charge is 0.103 e. The zero-order valence-electron chi connectivity index (χ0n) is 7.11. The molecule has 0 fully saturated rings. The molecular formula is C10H17. The molecule has 0 aliphatic heterocycles. The molecule has 0 heterocycles. The van der Waals surface area contributed by atoms with Gasteiger partial charge < -0.3 is 0 Å². The third-order valence-electron chi connectivity index (χ3n) is 1.52. The number of unbranched alkanes of at least 4 members (excludes halogenated alkanes) is 1. The van der Waals surface area contributed by atoms with Crippen molar-refractivity contribution in [3.05, 3.63) is 6.92 Å². The van der Waals surface area contributed by atoms with Crippen LogP contribution in [0, 0.1) is 24.7 Å². The van der Waals surface area contributed by atoms with Crippen LogP contribution >= 0.6 is 0 Å². The van der Waals surface area contributed by atoms with Crippen molar-refractivity contribution in [3.8, 4) is 11.8 Å². The summed E-state index contributed by atoms with van der Waals surface area (Å²) in [4.78, 5) is 0. The first-order chi connectivity index (χ1) is 4.85. The third kappa shape index (κ3) is 4.44. The molecule has 0 N–H and O–H groups in total. The van der Waals surface area contributed by atoms with E-state index in [0.29, 0.717) is 5.92 Å². The normalized spacial score (nSPS) is 9.20. The predicted molar refractivity (Wildman–Crippen MR) is 46.4 cm³/mol. The monoisotopic (exact) mass is 137 g/mol. The molecule has 0 saturated carbocycles. The van der Waals surface area contributed by atoms with Gasteiger partial charge in [-0.15, -0.1) is 5.92 Å². The SMILES string of the molecule is [CH2]CC(C#CCCC)CC. The van der Waals surface area contributed by atoms with Crippen molar-refractivity contribution in [1.82, 2.24) is 0 Å². The molecule has 0 heteroatoms. The lowest BCUT2D eigenvalue weighted by molar-refractivity contribution is 0.658. The minimum Gasteiger partial charge on any atom is -0.103 e. The van der Waals surface area contributed by atoms with Crippen molar-refractivity contribution in [2.45, 2.75) is 39.5 Å². The first kappa shape index (κ1) is 9.56. The van der Waals surface area contributed by atoms with E-state index < -0.39 is 0 Å². The summed E-state index contributed by atoms with van der Waals surface area (Å²) in [5, 5.41) is 0. The fourth-order valence-electron chi connectivity index (χ4n) is 0.720. The van der Waals surface area contributed by atoms with E-state index in [1.807, 2.05) is 0 Å². The molecular weight excluding hydrogens is 120 g/mol. The maximum absolute atomic E-state index is 3.83. The zero-order chi connectivity index (χ0) is 7.82. The Morgan fingerprint density at radius 3 is 2.50 bits per heavy atom. The van der Waals surface area contributed by atoms with Crippen LogP contribution in [-0.2, 0) is 0 Å². The Hall–Kier alpha value is -0.440. The Morgan fingerprint density at radius 1 is 1.40 bits per heavy atom. The van der Waals surface area contributed by atoms with Gasteiger partial charge in [0.25, 0.3) is 0 Å². The molecule has 0 aliphatic rings. The lowest BCUT2D eigenvalue weighted by Gasteiger charge is -1.99. The van der Waals surface area contributed by atoms with Gasteiger partial charge in [-0.05, 0) is 19.3 Å². The molecule has 0 spiro atoms. The van der Waals surface area contributed by atoms with Crippen LogP contribution in [0.2, 0.25) is 0 Å². The molecule has 1 unspecified atom stereocenters. The first-order valence-corrected chi connectivity index (χ1v) is 4.12. The molecule has 0 aromatic rings.